The Morgan fingerprint density at radius 1 is 1.30 bits per heavy atom. The molecule has 0 saturated carbocycles. The lowest BCUT2D eigenvalue weighted by atomic mass is 10.1. The highest BCUT2D eigenvalue weighted by Crippen LogP contribution is 2.18. The molecule has 3 nitrogen and oxygen atoms in total. The van der Waals surface area contributed by atoms with Gasteiger partial charge in [-0.2, -0.15) is 0 Å². The molecule has 0 saturated heterocycles. The molecule has 106 valence electrons. The third-order valence-electron chi connectivity index (χ3n) is 2.71. The van der Waals surface area contributed by atoms with Crippen LogP contribution in [0.2, 0.25) is 0 Å². The Labute approximate surface area is 117 Å². The van der Waals surface area contributed by atoms with E-state index in [0.717, 1.165) is 11.1 Å². The molecule has 7 heteroatoms. The first kappa shape index (κ1) is 14.5. The average Bonchev–Trinajstić information content (AvgIpc) is 2.82. The highest BCUT2D eigenvalue weighted by molar-refractivity contribution is 7.09. The molecule has 0 aliphatic heterocycles. The minimum absolute atomic E-state index is 0.458. The van der Waals surface area contributed by atoms with E-state index in [1.165, 1.54) is 11.3 Å². The molecule has 1 heterocycles. The summed E-state index contributed by atoms with van der Waals surface area (Å²) < 4.78 is 39.4. The lowest BCUT2D eigenvalue weighted by molar-refractivity contribution is 0.0934. The second kappa shape index (κ2) is 5.62. The van der Waals surface area contributed by atoms with E-state index < -0.39 is 35.0 Å². The van der Waals surface area contributed by atoms with Gasteiger partial charge in [0.2, 0.25) is 0 Å². The zero-order valence-electron chi connectivity index (χ0n) is 10.7. The van der Waals surface area contributed by atoms with Gasteiger partial charge in [0.15, 0.2) is 17.5 Å². The average molecular weight is 300 g/mol. The summed E-state index contributed by atoms with van der Waals surface area (Å²) in [5.74, 6) is -5.30. The smallest absolute Gasteiger partial charge is 0.254 e. The van der Waals surface area contributed by atoms with Crippen molar-refractivity contribution in [3.63, 3.8) is 0 Å². The number of nitrogens with zero attached hydrogens (tertiary/aromatic N) is 1. The number of nitrogens with one attached hydrogen (secondary N) is 1. The second-order valence-electron chi connectivity index (χ2n) is 4.21. The Bertz CT molecular complexity index is 657. The Hall–Kier alpha value is -1.89. The van der Waals surface area contributed by atoms with Crippen molar-refractivity contribution in [1.82, 2.24) is 10.3 Å². The van der Waals surface area contributed by atoms with E-state index in [9.17, 15) is 18.0 Å². The second-order valence-corrected chi connectivity index (χ2v) is 5.27. The van der Waals surface area contributed by atoms with Crippen LogP contribution in [0.4, 0.5) is 13.2 Å². The monoisotopic (exact) mass is 300 g/mol. The van der Waals surface area contributed by atoms with Crippen LogP contribution in [0.3, 0.4) is 0 Å². The molecule has 2 aromatic rings. The molecule has 1 atom stereocenters. The maximum atomic E-state index is 13.5. The highest BCUT2D eigenvalue weighted by Gasteiger charge is 2.20. The van der Waals surface area contributed by atoms with Crippen molar-refractivity contribution in [2.45, 2.75) is 19.9 Å². The van der Waals surface area contributed by atoms with Crippen molar-refractivity contribution in [1.29, 1.82) is 0 Å². The molecular formula is C13H11F3N2OS. The van der Waals surface area contributed by atoms with Gasteiger partial charge in [-0.1, -0.05) is 0 Å². The number of halogens is 3. The quantitative estimate of drug-likeness (QED) is 0.883. The zero-order valence-corrected chi connectivity index (χ0v) is 11.5. The van der Waals surface area contributed by atoms with Crippen LogP contribution in [0.15, 0.2) is 17.5 Å². The van der Waals surface area contributed by atoms with Crippen LogP contribution in [0.5, 0.6) is 0 Å². The standard InChI is InChI=1S/C13H11F3N2OS/c1-6(10-5-20-7(2)18-10)17-13(19)8-3-4-9(14)12(16)11(8)15/h3-6H,1-2H3,(H,17,19). The van der Waals surface area contributed by atoms with E-state index in [1.54, 1.807) is 12.3 Å². The fraction of sp³-hybridized carbons (Fsp3) is 0.231. The zero-order chi connectivity index (χ0) is 14.9. The maximum absolute atomic E-state index is 13.5. The molecule has 0 spiro atoms. The predicted molar refractivity (Wildman–Crippen MR) is 69.0 cm³/mol. The molecule has 0 bridgehead atoms. The van der Waals surface area contributed by atoms with E-state index in [-0.39, 0.29) is 0 Å². The Morgan fingerprint density at radius 3 is 2.60 bits per heavy atom. The summed E-state index contributed by atoms with van der Waals surface area (Å²) in [6.07, 6.45) is 0. The van der Waals surface area contributed by atoms with Crippen LogP contribution in [0, 0.1) is 24.4 Å². The largest absolute Gasteiger partial charge is 0.344 e. The highest BCUT2D eigenvalue weighted by atomic mass is 32.1. The van der Waals surface area contributed by atoms with E-state index in [2.05, 4.69) is 10.3 Å². The number of thiazole rings is 1. The predicted octanol–water partition coefficient (Wildman–Crippen LogP) is 3.36. The molecule has 0 aliphatic carbocycles. The molecule has 1 N–H and O–H groups in total. The Kier molecular flexibility index (Phi) is 4.08. The fourth-order valence-electron chi connectivity index (χ4n) is 1.63. The van der Waals surface area contributed by atoms with Gasteiger partial charge in [0.1, 0.15) is 0 Å². The summed E-state index contributed by atoms with van der Waals surface area (Å²) in [5.41, 5.74) is 0.0894. The number of benzene rings is 1. The third kappa shape index (κ3) is 2.82. The molecule has 1 aromatic heterocycles. The molecule has 2 rings (SSSR count). The number of aryl methyl sites for hydroxylation is 1. The fourth-order valence-corrected chi connectivity index (χ4v) is 2.33. The normalized spacial score (nSPS) is 12.2. The summed E-state index contributed by atoms with van der Waals surface area (Å²) >= 11 is 1.42. The molecule has 1 aromatic carbocycles. The minimum Gasteiger partial charge on any atom is -0.344 e. The minimum atomic E-state index is -1.66. The lowest BCUT2D eigenvalue weighted by Crippen LogP contribution is -2.28. The van der Waals surface area contributed by atoms with Gasteiger partial charge < -0.3 is 5.32 Å². The van der Waals surface area contributed by atoms with Crippen molar-refractivity contribution in [3.05, 3.63) is 51.2 Å². The van der Waals surface area contributed by atoms with Gasteiger partial charge in [-0.3, -0.25) is 4.79 Å². The number of carbonyl (C=O) groups is 1. The van der Waals surface area contributed by atoms with Crippen LogP contribution < -0.4 is 5.32 Å². The molecule has 1 amide bonds. The van der Waals surface area contributed by atoms with Crippen molar-refractivity contribution >= 4 is 17.2 Å². The van der Waals surface area contributed by atoms with Gasteiger partial charge in [-0.05, 0) is 26.0 Å². The number of aromatic nitrogens is 1. The third-order valence-corrected chi connectivity index (χ3v) is 3.50. The number of amides is 1. The van der Waals surface area contributed by atoms with Crippen LogP contribution in [0.25, 0.3) is 0 Å². The van der Waals surface area contributed by atoms with E-state index >= 15 is 0 Å². The molecule has 0 fully saturated rings. The molecule has 0 aliphatic rings. The molecule has 20 heavy (non-hydrogen) atoms. The van der Waals surface area contributed by atoms with Gasteiger partial charge in [-0.25, -0.2) is 18.2 Å². The Balaban J connectivity index is 2.18. The van der Waals surface area contributed by atoms with Crippen molar-refractivity contribution in [2.75, 3.05) is 0 Å². The lowest BCUT2D eigenvalue weighted by Gasteiger charge is -2.12. The number of carbonyl (C=O) groups excluding carboxylic acids is 1. The number of rotatable bonds is 3. The summed E-state index contributed by atoms with van der Waals surface area (Å²) in [6, 6.07) is 1.16. The summed E-state index contributed by atoms with van der Waals surface area (Å²) in [6.45, 7) is 3.49. The van der Waals surface area contributed by atoms with E-state index in [0.29, 0.717) is 11.8 Å². The summed E-state index contributed by atoms with van der Waals surface area (Å²) in [7, 11) is 0. The topological polar surface area (TPSA) is 42.0 Å². The summed E-state index contributed by atoms with van der Waals surface area (Å²) in [5, 5.41) is 5.09. The van der Waals surface area contributed by atoms with E-state index in [4.69, 9.17) is 0 Å². The Morgan fingerprint density at radius 2 is 2.00 bits per heavy atom. The number of hydrogen-bond donors (Lipinski definition) is 1. The van der Waals surface area contributed by atoms with Gasteiger partial charge in [0.05, 0.1) is 22.3 Å². The van der Waals surface area contributed by atoms with Crippen LogP contribution >= 0.6 is 11.3 Å². The van der Waals surface area contributed by atoms with Crippen molar-refractivity contribution in [2.24, 2.45) is 0 Å². The molecular weight excluding hydrogens is 289 g/mol. The van der Waals surface area contributed by atoms with Gasteiger partial charge in [0, 0.05) is 5.38 Å². The van der Waals surface area contributed by atoms with Gasteiger partial charge in [0.25, 0.3) is 5.91 Å². The SMILES string of the molecule is Cc1nc(C(C)NC(=O)c2ccc(F)c(F)c2F)cs1. The maximum Gasteiger partial charge on any atom is 0.254 e. The van der Waals surface area contributed by atoms with Crippen molar-refractivity contribution in [3.8, 4) is 0 Å². The first-order valence-electron chi connectivity index (χ1n) is 5.76. The number of hydrogen-bond acceptors (Lipinski definition) is 3. The first-order valence-corrected chi connectivity index (χ1v) is 6.64. The molecule has 0 radical (unpaired) electrons. The summed E-state index contributed by atoms with van der Waals surface area (Å²) in [4.78, 5) is 16.0. The van der Waals surface area contributed by atoms with Gasteiger partial charge >= 0.3 is 0 Å². The first-order chi connectivity index (χ1) is 9.40. The van der Waals surface area contributed by atoms with Gasteiger partial charge in [-0.15, -0.1) is 11.3 Å². The van der Waals surface area contributed by atoms with E-state index in [1.807, 2.05) is 6.92 Å². The van der Waals surface area contributed by atoms with Crippen LogP contribution in [0.1, 0.15) is 34.0 Å². The van der Waals surface area contributed by atoms with Crippen molar-refractivity contribution < 1.29 is 18.0 Å². The van der Waals surface area contributed by atoms with Crippen LogP contribution in [-0.4, -0.2) is 10.9 Å². The van der Waals surface area contributed by atoms with Crippen LogP contribution in [-0.2, 0) is 0 Å². The molecule has 1 unspecified atom stereocenters.